The average Bonchev–Trinajstić information content (AvgIpc) is 3.01. The minimum absolute atomic E-state index is 0.0521. The number of esters is 1. The summed E-state index contributed by atoms with van der Waals surface area (Å²) < 4.78 is 10.6. The molecule has 130 valence electrons. The van der Waals surface area contributed by atoms with Gasteiger partial charge in [0.15, 0.2) is 6.61 Å². The van der Waals surface area contributed by atoms with Gasteiger partial charge in [0.25, 0.3) is 5.91 Å². The molecular formula is C18H23NO4S. The van der Waals surface area contributed by atoms with Crippen LogP contribution in [0.2, 0.25) is 0 Å². The normalized spacial score (nSPS) is 23.5. The summed E-state index contributed by atoms with van der Waals surface area (Å²) in [6.45, 7) is 3.31. The van der Waals surface area contributed by atoms with E-state index in [1.807, 2.05) is 24.3 Å². The standard InChI is InChI=1S/C18H23NO4S/c1-13-8-9-19(15-6-2-3-7-16(15)24-13)17(20)12-23-18(21)11-14-5-4-10-22-14/h2-3,6-7,13-14H,4-5,8-12H2,1H3. The third-order valence-electron chi connectivity index (χ3n) is 4.32. The van der Waals surface area contributed by atoms with Crippen molar-refractivity contribution in [3.63, 3.8) is 0 Å². The van der Waals surface area contributed by atoms with Crippen LogP contribution in [0.5, 0.6) is 0 Å². The molecule has 0 aromatic heterocycles. The van der Waals surface area contributed by atoms with Crippen LogP contribution in [0.4, 0.5) is 5.69 Å². The Hall–Kier alpha value is -1.53. The number of hydrogen-bond donors (Lipinski definition) is 0. The highest BCUT2D eigenvalue weighted by Gasteiger charge is 2.25. The number of nitrogens with zero attached hydrogens (tertiary/aromatic N) is 1. The van der Waals surface area contributed by atoms with Crippen LogP contribution in [0.3, 0.4) is 0 Å². The van der Waals surface area contributed by atoms with Crippen LogP contribution in [0, 0.1) is 0 Å². The van der Waals surface area contributed by atoms with E-state index in [-0.39, 0.29) is 31.0 Å². The number of benzene rings is 1. The Morgan fingerprint density at radius 3 is 2.96 bits per heavy atom. The van der Waals surface area contributed by atoms with Gasteiger partial charge in [0, 0.05) is 23.3 Å². The molecule has 1 amide bonds. The Kier molecular flexibility index (Phi) is 5.79. The van der Waals surface area contributed by atoms with Gasteiger partial charge < -0.3 is 14.4 Å². The molecule has 0 aliphatic carbocycles. The lowest BCUT2D eigenvalue weighted by Crippen LogP contribution is -2.36. The molecule has 0 saturated carbocycles. The number of carbonyl (C=O) groups excluding carboxylic acids is 2. The maximum absolute atomic E-state index is 12.6. The summed E-state index contributed by atoms with van der Waals surface area (Å²) in [5.41, 5.74) is 0.909. The number of thioether (sulfide) groups is 1. The van der Waals surface area contributed by atoms with Crippen molar-refractivity contribution in [2.24, 2.45) is 0 Å². The molecule has 2 heterocycles. The van der Waals surface area contributed by atoms with E-state index in [9.17, 15) is 9.59 Å². The lowest BCUT2D eigenvalue weighted by Gasteiger charge is -2.22. The molecule has 5 nitrogen and oxygen atoms in total. The molecule has 1 fully saturated rings. The molecule has 2 unspecified atom stereocenters. The number of rotatable bonds is 4. The monoisotopic (exact) mass is 349 g/mol. The number of ether oxygens (including phenoxy) is 2. The molecule has 6 heteroatoms. The number of anilines is 1. The highest BCUT2D eigenvalue weighted by atomic mass is 32.2. The molecule has 2 aliphatic heterocycles. The van der Waals surface area contributed by atoms with Crippen LogP contribution >= 0.6 is 11.8 Å². The largest absolute Gasteiger partial charge is 0.455 e. The van der Waals surface area contributed by atoms with E-state index in [1.54, 1.807) is 16.7 Å². The van der Waals surface area contributed by atoms with Gasteiger partial charge in [0.1, 0.15) is 0 Å². The van der Waals surface area contributed by atoms with Gasteiger partial charge in [-0.25, -0.2) is 0 Å². The molecule has 0 N–H and O–H groups in total. The number of hydrogen-bond acceptors (Lipinski definition) is 5. The molecule has 0 spiro atoms. The van der Waals surface area contributed by atoms with Gasteiger partial charge in [0.2, 0.25) is 0 Å². The first-order valence-corrected chi connectivity index (χ1v) is 9.34. The Morgan fingerprint density at radius 2 is 2.17 bits per heavy atom. The molecule has 1 aromatic carbocycles. The smallest absolute Gasteiger partial charge is 0.308 e. The van der Waals surface area contributed by atoms with Gasteiger partial charge in [-0.15, -0.1) is 11.8 Å². The van der Waals surface area contributed by atoms with E-state index in [0.29, 0.717) is 18.4 Å². The highest BCUT2D eigenvalue weighted by Crippen LogP contribution is 2.37. The summed E-state index contributed by atoms with van der Waals surface area (Å²) >= 11 is 1.78. The third-order valence-corrected chi connectivity index (χ3v) is 5.56. The van der Waals surface area contributed by atoms with Crippen molar-refractivity contribution < 1.29 is 19.1 Å². The summed E-state index contributed by atoms with van der Waals surface area (Å²) in [6.07, 6.45) is 2.96. The molecule has 3 rings (SSSR count). The van der Waals surface area contributed by atoms with E-state index in [1.165, 1.54) is 0 Å². The zero-order chi connectivity index (χ0) is 16.9. The maximum Gasteiger partial charge on any atom is 0.308 e. The quantitative estimate of drug-likeness (QED) is 0.782. The molecule has 0 bridgehead atoms. The lowest BCUT2D eigenvalue weighted by molar-refractivity contribution is -0.149. The first-order chi connectivity index (χ1) is 11.6. The fourth-order valence-corrected chi connectivity index (χ4v) is 4.13. The summed E-state index contributed by atoms with van der Waals surface area (Å²) in [6, 6.07) is 7.89. The maximum atomic E-state index is 12.6. The van der Waals surface area contributed by atoms with Crippen molar-refractivity contribution in [1.82, 2.24) is 0 Å². The van der Waals surface area contributed by atoms with E-state index < -0.39 is 0 Å². The molecular weight excluding hydrogens is 326 g/mol. The zero-order valence-electron chi connectivity index (χ0n) is 13.9. The topological polar surface area (TPSA) is 55.8 Å². The SMILES string of the molecule is CC1CCN(C(=O)COC(=O)CC2CCCO2)c2ccccc2S1. The van der Waals surface area contributed by atoms with Crippen LogP contribution in [0.1, 0.15) is 32.6 Å². The predicted molar refractivity (Wildman–Crippen MR) is 93.3 cm³/mol. The third kappa shape index (κ3) is 4.30. The van der Waals surface area contributed by atoms with Gasteiger partial charge in [0.05, 0.1) is 18.2 Å². The first kappa shape index (κ1) is 17.3. The van der Waals surface area contributed by atoms with Crippen LogP contribution < -0.4 is 4.90 Å². The highest BCUT2D eigenvalue weighted by molar-refractivity contribution is 8.00. The average molecular weight is 349 g/mol. The second-order valence-electron chi connectivity index (χ2n) is 6.23. The number of carbonyl (C=O) groups is 2. The second-order valence-corrected chi connectivity index (χ2v) is 7.71. The lowest BCUT2D eigenvalue weighted by atomic mass is 10.2. The zero-order valence-corrected chi connectivity index (χ0v) is 14.7. The summed E-state index contributed by atoms with van der Waals surface area (Å²) in [4.78, 5) is 27.3. The van der Waals surface area contributed by atoms with Crippen molar-refractivity contribution >= 4 is 29.3 Å². The van der Waals surface area contributed by atoms with E-state index >= 15 is 0 Å². The van der Waals surface area contributed by atoms with Gasteiger partial charge in [-0.2, -0.15) is 0 Å². The number of para-hydroxylation sites is 1. The predicted octanol–water partition coefficient (Wildman–Crippen LogP) is 3.02. The van der Waals surface area contributed by atoms with Gasteiger partial charge in [-0.05, 0) is 31.4 Å². The summed E-state index contributed by atoms with van der Waals surface area (Å²) in [5, 5.41) is 0.450. The van der Waals surface area contributed by atoms with Crippen molar-refractivity contribution in [2.45, 2.75) is 48.9 Å². The Balaban J connectivity index is 1.59. The van der Waals surface area contributed by atoms with Crippen LogP contribution in [-0.4, -0.2) is 43.0 Å². The molecule has 0 radical (unpaired) electrons. The van der Waals surface area contributed by atoms with Crippen molar-refractivity contribution in [2.75, 3.05) is 24.7 Å². The van der Waals surface area contributed by atoms with Crippen LogP contribution in [0.15, 0.2) is 29.2 Å². The Morgan fingerprint density at radius 1 is 1.33 bits per heavy atom. The fourth-order valence-electron chi connectivity index (χ4n) is 3.02. The van der Waals surface area contributed by atoms with E-state index in [4.69, 9.17) is 9.47 Å². The number of amides is 1. The molecule has 24 heavy (non-hydrogen) atoms. The molecule has 2 atom stereocenters. The second kappa shape index (κ2) is 8.03. The molecule has 1 saturated heterocycles. The summed E-state index contributed by atoms with van der Waals surface area (Å²) in [7, 11) is 0. The van der Waals surface area contributed by atoms with Gasteiger partial charge >= 0.3 is 5.97 Å². The van der Waals surface area contributed by atoms with Crippen molar-refractivity contribution in [1.29, 1.82) is 0 Å². The van der Waals surface area contributed by atoms with E-state index in [2.05, 4.69) is 6.92 Å². The minimum Gasteiger partial charge on any atom is -0.455 e. The first-order valence-electron chi connectivity index (χ1n) is 8.47. The number of fused-ring (bicyclic) bond motifs is 1. The molecule has 2 aliphatic rings. The van der Waals surface area contributed by atoms with Gasteiger partial charge in [-0.3, -0.25) is 9.59 Å². The van der Waals surface area contributed by atoms with Crippen molar-refractivity contribution in [3.05, 3.63) is 24.3 Å². The van der Waals surface area contributed by atoms with Gasteiger partial charge in [-0.1, -0.05) is 19.1 Å². The summed E-state index contributed by atoms with van der Waals surface area (Å²) in [5.74, 6) is -0.529. The van der Waals surface area contributed by atoms with E-state index in [0.717, 1.165) is 29.8 Å². The van der Waals surface area contributed by atoms with Crippen molar-refractivity contribution in [3.8, 4) is 0 Å². The Labute approximate surface area is 146 Å². The van der Waals surface area contributed by atoms with Crippen LogP contribution in [0.25, 0.3) is 0 Å². The molecule has 1 aromatic rings. The van der Waals surface area contributed by atoms with Crippen LogP contribution in [-0.2, 0) is 19.1 Å². The fraction of sp³-hybridized carbons (Fsp3) is 0.556. The minimum atomic E-state index is -0.360. The Bertz CT molecular complexity index is 600.